The molecule has 134 valence electrons. The lowest BCUT2D eigenvalue weighted by Gasteiger charge is -2.25. The summed E-state index contributed by atoms with van der Waals surface area (Å²) in [5.74, 6) is 0.836. The lowest BCUT2D eigenvalue weighted by molar-refractivity contribution is -0.384. The van der Waals surface area contributed by atoms with E-state index in [0.29, 0.717) is 23.4 Å². The van der Waals surface area contributed by atoms with Crippen molar-refractivity contribution in [1.82, 2.24) is 14.8 Å². The summed E-state index contributed by atoms with van der Waals surface area (Å²) < 4.78 is 1.83. The van der Waals surface area contributed by atoms with Crippen molar-refractivity contribution in [2.24, 2.45) is 5.92 Å². The number of nitrogens with zero attached hydrogens (tertiary/aromatic N) is 5. The molecule has 1 fully saturated rings. The molecule has 1 atom stereocenters. The largest absolute Gasteiger partial charge is 0.344 e. The van der Waals surface area contributed by atoms with Gasteiger partial charge in [-0.3, -0.25) is 14.8 Å². The van der Waals surface area contributed by atoms with E-state index >= 15 is 0 Å². The third kappa shape index (κ3) is 3.33. The first-order chi connectivity index (χ1) is 11.9. The van der Waals surface area contributed by atoms with Crippen LogP contribution in [0.1, 0.15) is 44.0 Å². The topological polar surface area (TPSA) is 77.1 Å². The van der Waals surface area contributed by atoms with E-state index in [1.54, 1.807) is 12.3 Å². The van der Waals surface area contributed by atoms with E-state index in [2.05, 4.69) is 23.9 Å². The van der Waals surface area contributed by atoms with E-state index < -0.39 is 0 Å². The molecule has 0 amide bonds. The highest BCUT2D eigenvalue weighted by atomic mass is 35.5. The first kappa shape index (κ1) is 17.7. The Labute approximate surface area is 151 Å². The van der Waals surface area contributed by atoms with Crippen LogP contribution < -0.4 is 4.90 Å². The Morgan fingerprint density at radius 3 is 2.92 bits per heavy atom. The van der Waals surface area contributed by atoms with E-state index in [-0.39, 0.29) is 16.7 Å². The van der Waals surface area contributed by atoms with Crippen LogP contribution in [-0.4, -0.2) is 26.2 Å². The monoisotopic (exact) mass is 363 g/mol. The second-order valence-corrected chi connectivity index (χ2v) is 7.18. The van der Waals surface area contributed by atoms with Crippen molar-refractivity contribution in [3.8, 4) is 0 Å². The van der Waals surface area contributed by atoms with Crippen LogP contribution in [0.3, 0.4) is 0 Å². The van der Waals surface area contributed by atoms with Crippen LogP contribution in [-0.2, 0) is 6.54 Å². The SMILES string of the molecule is Cc1nn(CC(C)C)c(Cl)c1C1CCCN1c1ncccc1[N+](=O)[O-]. The zero-order valence-corrected chi connectivity index (χ0v) is 15.4. The van der Waals surface area contributed by atoms with Crippen LogP contribution in [0.5, 0.6) is 0 Å². The second-order valence-electron chi connectivity index (χ2n) is 6.82. The normalized spacial score (nSPS) is 17.5. The van der Waals surface area contributed by atoms with Crippen molar-refractivity contribution < 1.29 is 4.92 Å². The Bertz CT molecular complexity index is 789. The summed E-state index contributed by atoms with van der Waals surface area (Å²) in [5.41, 5.74) is 1.86. The molecule has 0 bridgehead atoms. The summed E-state index contributed by atoms with van der Waals surface area (Å²) in [4.78, 5) is 17.3. The Morgan fingerprint density at radius 2 is 2.24 bits per heavy atom. The molecule has 1 aliphatic heterocycles. The average molecular weight is 364 g/mol. The minimum absolute atomic E-state index is 0.0257. The highest BCUT2D eigenvalue weighted by molar-refractivity contribution is 6.30. The van der Waals surface area contributed by atoms with Crippen molar-refractivity contribution in [2.45, 2.75) is 46.2 Å². The lowest BCUT2D eigenvalue weighted by Crippen LogP contribution is -2.25. The quantitative estimate of drug-likeness (QED) is 0.589. The van der Waals surface area contributed by atoms with E-state index in [1.807, 2.05) is 16.5 Å². The third-order valence-electron chi connectivity index (χ3n) is 4.47. The standard InChI is InChI=1S/C17H22ClN5O2/c1-11(2)10-22-16(18)15(12(3)20-22)13-7-5-9-21(13)17-14(23(24)25)6-4-8-19-17/h4,6,8,11,13H,5,7,9-10H2,1-3H3. The Balaban J connectivity index is 2.01. The van der Waals surface area contributed by atoms with Gasteiger partial charge in [0.1, 0.15) is 5.15 Å². The van der Waals surface area contributed by atoms with E-state index in [0.717, 1.165) is 30.6 Å². The van der Waals surface area contributed by atoms with Gasteiger partial charge < -0.3 is 4.90 Å². The van der Waals surface area contributed by atoms with Gasteiger partial charge >= 0.3 is 5.69 Å². The minimum atomic E-state index is -0.381. The molecule has 0 N–H and O–H groups in total. The fraction of sp³-hybridized carbons (Fsp3) is 0.529. The smallest absolute Gasteiger partial charge is 0.311 e. The third-order valence-corrected chi connectivity index (χ3v) is 4.87. The molecule has 0 aliphatic carbocycles. The number of anilines is 1. The average Bonchev–Trinajstić information content (AvgIpc) is 3.12. The summed E-state index contributed by atoms with van der Waals surface area (Å²) in [6, 6.07) is 3.04. The fourth-order valence-corrected chi connectivity index (χ4v) is 3.85. The van der Waals surface area contributed by atoms with Crippen molar-refractivity contribution in [1.29, 1.82) is 0 Å². The Kier molecular flexibility index (Phi) is 4.94. The second kappa shape index (κ2) is 7.00. The Hall–Kier alpha value is -2.15. The van der Waals surface area contributed by atoms with Crippen LogP contribution in [0.15, 0.2) is 18.3 Å². The lowest BCUT2D eigenvalue weighted by atomic mass is 10.1. The molecule has 0 aromatic carbocycles. The van der Waals surface area contributed by atoms with Gasteiger partial charge in [-0.05, 0) is 31.7 Å². The maximum Gasteiger partial charge on any atom is 0.311 e. The summed E-state index contributed by atoms with van der Waals surface area (Å²) >= 11 is 6.63. The first-order valence-electron chi connectivity index (χ1n) is 8.49. The van der Waals surface area contributed by atoms with Gasteiger partial charge in [-0.1, -0.05) is 25.4 Å². The van der Waals surface area contributed by atoms with Crippen LogP contribution in [0.25, 0.3) is 0 Å². The number of aryl methyl sites for hydroxylation is 1. The summed E-state index contributed by atoms with van der Waals surface area (Å²) in [6.45, 7) is 7.64. The van der Waals surface area contributed by atoms with E-state index in [4.69, 9.17) is 11.6 Å². The molecule has 3 rings (SSSR count). The fourth-order valence-electron chi connectivity index (χ4n) is 3.49. The highest BCUT2D eigenvalue weighted by Gasteiger charge is 2.35. The van der Waals surface area contributed by atoms with Crippen molar-refractivity contribution in [3.05, 3.63) is 44.9 Å². The molecule has 3 heterocycles. The van der Waals surface area contributed by atoms with Gasteiger partial charge in [-0.15, -0.1) is 0 Å². The number of aromatic nitrogens is 3. The van der Waals surface area contributed by atoms with Gasteiger partial charge in [0.15, 0.2) is 0 Å². The van der Waals surface area contributed by atoms with Gasteiger partial charge in [0.25, 0.3) is 0 Å². The molecular weight excluding hydrogens is 342 g/mol. The zero-order valence-electron chi connectivity index (χ0n) is 14.6. The van der Waals surface area contributed by atoms with Gasteiger partial charge in [-0.2, -0.15) is 5.10 Å². The molecule has 1 aliphatic rings. The number of rotatable bonds is 5. The number of pyridine rings is 1. The van der Waals surface area contributed by atoms with Crippen molar-refractivity contribution in [3.63, 3.8) is 0 Å². The van der Waals surface area contributed by atoms with E-state index in [1.165, 1.54) is 6.07 Å². The van der Waals surface area contributed by atoms with E-state index in [9.17, 15) is 10.1 Å². The zero-order chi connectivity index (χ0) is 18.1. The maximum absolute atomic E-state index is 11.4. The summed E-state index contributed by atoms with van der Waals surface area (Å²) in [6.07, 6.45) is 3.40. The molecule has 8 heteroatoms. The van der Waals surface area contributed by atoms with Crippen molar-refractivity contribution in [2.75, 3.05) is 11.4 Å². The van der Waals surface area contributed by atoms with Crippen molar-refractivity contribution >= 4 is 23.1 Å². The maximum atomic E-state index is 11.4. The number of hydrogen-bond acceptors (Lipinski definition) is 5. The van der Waals surface area contributed by atoms with Crippen LogP contribution >= 0.6 is 11.6 Å². The molecule has 25 heavy (non-hydrogen) atoms. The summed E-state index contributed by atoms with van der Waals surface area (Å²) in [7, 11) is 0. The highest BCUT2D eigenvalue weighted by Crippen LogP contribution is 2.42. The van der Waals surface area contributed by atoms with Gasteiger partial charge in [-0.25, -0.2) is 4.98 Å². The van der Waals surface area contributed by atoms with Gasteiger partial charge in [0.2, 0.25) is 5.82 Å². The predicted octanol–water partition coefficient (Wildman–Crippen LogP) is 4.15. The molecule has 0 spiro atoms. The molecular formula is C17H22ClN5O2. The first-order valence-corrected chi connectivity index (χ1v) is 8.86. The van der Waals surface area contributed by atoms with Gasteiger partial charge in [0, 0.05) is 30.9 Å². The predicted molar refractivity (Wildman–Crippen MR) is 97.0 cm³/mol. The summed E-state index contributed by atoms with van der Waals surface area (Å²) in [5, 5.41) is 16.6. The van der Waals surface area contributed by atoms with Crippen LogP contribution in [0, 0.1) is 23.0 Å². The molecule has 1 saturated heterocycles. The van der Waals surface area contributed by atoms with Crippen LogP contribution in [0.4, 0.5) is 11.5 Å². The van der Waals surface area contributed by atoms with Crippen LogP contribution in [0.2, 0.25) is 5.15 Å². The van der Waals surface area contributed by atoms with Gasteiger partial charge in [0.05, 0.1) is 16.7 Å². The molecule has 7 nitrogen and oxygen atoms in total. The minimum Gasteiger partial charge on any atom is -0.344 e. The molecule has 0 saturated carbocycles. The Morgan fingerprint density at radius 1 is 1.48 bits per heavy atom. The number of halogens is 1. The molecule has 1 unspecified atom stereocenters. The number of hydrogen-bond donors (Lipinski definition) is 0. The molecule has 0 radical (unpaired) electrons. The molecule has 2 aromatic rings. The molecule has 2 aromatic heterocycles. The number of nitro groups is 1.